The van der Waals surface area contributed by atoms with E-state index in [4.69, 9.17) is 10.7 Å². The van der Waals surface area contributed by atoms with Crippen LogP contribution in [0, 0.1) is 0 Å². The van der Waals surface area contributed by atoms with Crippen LogP contribution in [0.4, 0.5) is 13.2 Å². The molecule has 21 heavy (non-hydrogen) atoms. The lowest BCUT2D eigenvalue weighted by molar-refractivity contribution is -0.160. The summed E-state index contributed by atoms with van der Waals surface area (Å²) < 4.78 is 59.2. The number of carbonyl (C=O) groups excluding carboxylic acids is 1. The first-order chi connectivity index (χ1) is 9.53. The monoisotopic (exact) mass is 363 g/mol. The molecule has 0 fully saturated rings. The Morgan fingerprint density at radius 2 is 2.00 bits per heavy atom. The molecule has 1 heterocycles. The average Bonchev–Trinajstić information content (AvgIpc) is 2.74. The molecule has 1 rings (SSSR count). The van der Waals surface area contributed by atoms with Crippen LogP contribution in [0.15, 0.2) is 16.3 Å². The Labute approximate surface area is 128 Å². The maximum absolute atomic E-state index is 12.4. The number of amides is 1. The van der Waals surface area contributed by atoms with E-state index in [0.717, 1.165) is 11.3 Å². The van der Waals surface area contributed by atoms with Crippen molar-refractivity contribution in [3.63, 3.8) is 0 Å². The molecule has 0 saturated heterocycles. The molecule has 0 N–H and O–H groups in total. The van der Waals surface area contributed by atoms with Crippen molar-refractivity contribution in [2.75, 3.05) is 13.1 Å². The minimum absolute atomic E-state index is 0.00954. The van der Waals surface area contributed by atoms with Crippen LogP contribution in [0.2, 0.25) is 0 Å². The number of rotatable bonds is 6. The fourth-order valence-corrected chi connectivity index (χ4v) is 3.74. The number of carbonyl (C=O) groups is 1. The number of alkyl halides is 3. The van der Waals surface area contributed by atoms with Crippen molar-refractivity contribution in [2.45, 2.75) is 30.2 Å². The summed E-state index contributed by atoms with van der Waals surface area (Å²) in [7, 11) is 1.26. The smallest absolute Gasteiger partial charge is 0.333 e. The van der Waals surface area contributed by atoms with Crippen LogP contribution in [0.5, 0.6) is 0 Å². The molecule has 1 aromatic rings. The summed E-state index contributed by atoms with van der Waals surface area (Å²) in [6, 6.07) is 2.60. The van der Waals surface area contributed by atoms with Crippen molar-refractivity contribution in [3.8, 4) is 0 Å². The second-order valence-electron chi connectivity index (χ2n) is 4.27. The van der Waals surface area contributed by atoms with Gasteiger partial charge in [-0.1, -0.05) is 6.92 Å². The maximum atomic E-state index is 12.4. The first-order valence-electron chi connectivity index (χ1n) is 5.91. The molecule has 0 saturated carbocycles. The van der Waals surface area contributed by atoms with Gasteiger partial charge in [0.1, 0.15) is 10.8 Å². The highest BCUT2D eigenvalue weighted by Gasteiger charge is 2.32. The zero-order chi connectivity index (χ0) is 16.3. The molecule has 0 unspecified atom stereocenters. The number of hydrogen-bond donors (Lipinski definition) is 0. The van der Waals surface area contributed by atoms with Gasteiger partial charge >= 0.3 is 6.18 Å². The molecule has 0 spiro atoms. The van der Waals surface area contributed by atoms with Crippen LogP contribution in [0.25, 0.3) is 0 Å². The van der Waals surface area contributed by atoms with Gasteiger partial charge in [-0.2, -0.15) is 13.2 Å². The quantitative estimate of drug-likeness (QED) is 0.730. The molecule has 0 atom stereocenters. The third-order valence-corrected chi connectivity index (χ3v) is 5.60. The van der Waals surface area contributed by atoms with Crippen LogP contribution in [-0.4, -0.2) is 38.5 Å². The summed E-state index contributed by atoms with van der Waals surface area (Å²) in [5.41, 5.74) is 0. The third kappa shape index (κ3) is 6.23. The summed E-state index contributed by atoms with van der Waals surface area (Å²) in [6.45, 7) is 0.343. The maximum Gasteiger partial charge on any atom is 0.406 e. The molecule has 1 amide bonds. The van der Waals surface area contributed by atoms with E-state index in [1.54, 1.807) is 6.92 Å². The summed E-state index contributed by atoms with van der Waals surface area (Å²) >= 11 is 0.773. The topological polar surface area (TPSA) is 54.5 Å². The zero-order valence-electron chi connectivity index (χ0n) is 11.0. The highest BCUT2D eigenvalue weighted by molar-refractivity contribution is 8.15. The van der Waals surface area contributed by atoms with Gasteiger partial charge in [0.15, 0.2) is 0 Å². The summed E-state index contributed by atoms with van der Waals surface area (Å²) in [6.07, 6.45) is -4.36. The zero-order valence-corrected chi connectivity index (χ0v) is 13.4. The SMILES string of the molecule is CCCN(CC(F)(F)F)C(=O)Cc1ccc(S(=O)(=O)Cl)s1. The van der Waals surface area contributed by atoms with Crippen molar-refractivity contribution in [2.24, 2.45) is 0 Å². The van der Waals surface area contributed by atoms with Gasteiger partial charge in [-0.15, -0.1) is 11.3 Å². The molecule has 0 aliphatic heterocycles. The summed E-state index contributed by atoms with van der Waals surface area (Å²) in [5.74, 6) is -0.699. The highest BCUT2D eigenvalue weighted by atomic mass is 35.7. The van der Waals surface area contributed by atoms with Gasteiger partial charge in [-0.25, -0.2) is 8.42 Å². The molecule has 1 aromatic heterocycles. The molecule has 0 aliphatic rings. The van der Waals surface area contributed by atoms with E-state index in [-0.39, 0.29) is 17.2 Å². The molecule has 0 aliphatic carbocycles. The Hall–Kier alpha value is -0.800. The van der Waals surface area contributed by atoms with Gasteiger partial charge in [0.25, 0.3) is 9.05 Å². The van der Waals surface area contributed by atoms with Crippen LogP contribution in [-0.2, 0) is 20.3 Å². The van der Waals surface area contributed by atoms with E-state index in [2.05, 4.69) is 0 Å². The van der Waals surface area contributed by atoms with Gasteiger partial charge < -0.3 is 4.90 Å². The minimum atomic E-state index is -4.47. The van der Waals surface area contributed by atoms with Gasteiger partial charge in [0, 0.05) is 22.1 Å². The molecule has 0 aromatic carbocycles. The highest BCUT2D eigenvalue weighted by Crippen LogP contribution is 2.26. The van der Waals surface area contributed by atoms with Crippen molar-refractivity contribution in [1.82, 2.24) is 4.90 Å². The Morgan fingerprint density at radius 1 is 1.38 bits per heavy atom. The standard InChI is InChI=1S/C11H13ClF3NO3S2/c1-2-5-16(7-11(13,14)15)9(17)6-8-3-4-10(20-8)21(12,18)19/h3-4H,2,5-7H2,1H3. The number of hydrogen-bond acceptors (Lipinski definition) is 4. The fourth-order valence-electron chi connectivity index (χ4n) is 1.62. The third-order valence-electron chi connectivity index (χ3n) is 2.42. The number of nitrogens with zero attached hydrogens (tertiary/aromatic N) is 1. The van der Waals surface area contributed by atoms with Crippen molar-refractivity contribution in [1.29, 1.82) is 0 Å². The van der Waals surface area contributed by atoms with Crippen molar-refractivity contribution in [3.05, 3.63) is 17.0 Å². The molecule has 0 bridgehead atoms. The van der Waals surface area contributed by atoms with Gasteiger partial charge in [-0.05, 0) is 18.6 Å². The average molecular weight is 364 g/mol. The predicted octanol–water partition coefficient (Wildman–Crippen LogP) is 3.02. The second kappa shape index (κ2) is 6.97. The van der Waals surface area contributed by atoms with Gasteiger partial charge in [-0.3, -0.25) is 4.79 Å². The molecule has 120 valence electrons. The lowest BCUT2D eigenvalue weighted by atomic mass is 10.3. The first-order valence-corrected chi connectivity index (χ1v) is 9.03. The summed E-state index contributed by atoms with van der Waals surface area (Å²) in [5, 5.41) is 0. The lowest BCUT2D eigenvalue weighted by Crippen LogP contribution is -2.40. The Morgan fingerprint density at radius 3 is 2.43 bits per heavy atom. The van der Waals surface area contributed by atoms with Gasteiger partial charge in [0.05, 0.1) is 6.42 Å². The van der Waals surface area contributed by atoms with E-state index >= 15 is 0 Å². The van der Waals surface area contributed by atoms with Crippen LogP contribution < -0.4 is 0 Å². The normalized spacial score (nSPS) is 12.4. The molecule has 10 heteroatoms. The Balaban J connectivity index is 2.79. The van der Waals surface area contributed by atoms with E-state index in [1.165, 1.54) is 12.1 Å². The molecule has 4 nitrogen and oxygen atoms in total. The number of halogens is 4. The predicted molar refractivity (Wildman–Crippen MR) is 74.0 cm³/mol. The van der Waals surface area contributed by atoms with E-state index < -0.39 is 27.7 Å². The van der Waals surface area contributed by atoms with Crippen molar-refractivity contribution < 1.29 is 26.4 Å². The Kier molecular flexibility index (Phi) is 6.06. The lowest BCUT2D eigenvalue weighted by Gasteiger charge is -2.23. The molecular formula is C11H13ClF3NO3S2. The minimum Gasteiger partial charge on any atom is -0.333 e. The fraction of sp³-hybridized carbons (Fsp3) is 0.545. The van der Waals surface area contributed by atoms with Crippen LogP contribution in [0.3, 0.4) is 0 Å². The van der Waals surface area contributed by atoms with Crippen LogP contribution >= 0.6 is 22.0 Å². The first kappa shape index (κ1) is 18.2. The van der Waals surface area contributed by atoms with Crippen LogP contribution in [0.1, 0.15) is 18.2 Å². The second-order valence-corrected chi connectivity index (χ2v) is 8.23. The molecular weight excluding hydrogens is 351 g/mol. The van der Waals surface area contributed by atoms with Gasteiger partial charge in [0.2, 0.25) is 5.91 Å². The molecule has 0 radical (unpaired) electrons. The Bertz CT molecular complexity index is 598. The largest absolute Gasteiger partial charge is 0.406 e. The summed E-state index contributed by atoms with van der Waals surface area (Å²) in [4.78, 5) is 13.0. The van der Waals surface area contributed by atoms with Crippen molar-refractivity contribution >= 4 is 37.0 Å². The van der Waals surface area contributed by atoms with E-state index in [9.17, 15) is 26.4 Å². The van der Waals surface area contributed by atoms with E-state index in [0.29, 0.717) is 16.2 Å². The van der Waals surface area contributed by atoms with E-state index in [1.807, 2.05) is 0 Å². The number of thiophene rings is 1.